The Morgan fingerprint density at radius 1 is 0.206 bits per heavy atom. The Bertz CT molecular complexity index is 6380. The molecule has 0 aliphatic rings. The number of fused-ring (bicyclic) bond motifs is 12. The maximum absolute atomic E-state index is 2.51. The summed E-state index contributed by atoms with van der Waals surface area (Å²) in [6, 6.07) is 141. The molecule has 0 bridgehead atoms. The first-order chi connectivity index (χ1) is 52.7. The van der Waals surface area contributed by atoms with Crippen LogP contribution in [-0.2, 0) is 0 Å². The summed E-state index contributed by atoms with van der Waals surface area (Å²) in [5.41, 5.74) is 27.3. The van der Waals surface area contributed by atoms with Crippen LogP contribution in [0.3, 0.4) is 0 Å². The van der Waals surface area contributed by atoms with Crippen LogP contribution in [0.25, 0.3) is 98.4 Å². The molecule has 0 aliphatic heterocycles. The molecule has 510 valence electrons. The average molecular weight is 1390 g/mol. The van der Waals surface area contributed by atoms with Gasteiger partial charge in [-0.1, -0.05) is 274 Å². The number of aryl methyl sites for hydroxylation is 1. The Hall–Kier alpha value is -13.5. The minimum Gasteiger partial charge on any atom is -0.310 e. The molecular formula is C100H76N6Si. The van der Waals surface area contributed by atoms with Crippen molar-refractivity contribution in [2.24, 2.45) is 0 Å². The summed E-state index contributed by atoms with van der Waals surface area (Å²) in [4.78, 5) is 9.74. The molecule has 16 aromatic carbocycles. The SMILES string of the molecule is Cc1ccccc1N(c1ccccc1)c1cccc2c1c1cccc3c4c(N(c5ccccc5)c5ccccc5[Si](C)(C)C)cccc4n2c13.c1ccc(-c2ccc(N(c3ccccc3)c3cccc4c3c3cccc5c6c(N(c7ccccc7)c7ccc(-c8ccccc8)cc7)cccc6n4c35)cc2)cc1. The van der Waals surface area contributed by atoms with E-state index < -0.39 is 8.07 Å². The minimum absolute atomic E-state index is 1.11. The molecule has 0 amide bonds. The summed E-state index contributed by atoms with van der Waals surface area (Å²) < 4.78 is 5.00. The lowest BCUT2D eigenvalue weighted by Crippen LogP contribution is -2.40. The summed E-state index contributed by atoms with van der Waals surface area (Å²) >= 11 is 0. The fourth-order valence-corrected chi connectivity index (χ4v) is 18.3. The van der Waals surface area contributed by atoms with Crippen molar-refractivity contribution in [3.63, 3.8) is 0 Å². The van der Waals surface area contributed by atoms with Gasteiger partial charge in [0.25, 0.3) is 0 Å². The van der Waals surface area contributed by atoms with Gasteiger partial charge in [-0.25, -0.2) is 0 Å². The van der Waals surface area contributed by atoms with E-state index in [4.69, 9.17) is 0 Å². The Balaban J connectivity index is 0.000000147. The minimum atomic E-state index is -1.70. The average Bonchev–Trinajstić information content (AvgIpc) is 1.53. The molecule has 0 saturated heterocycles. The quantitative estimate of drug-likeness (QED) is 0.0954. The lowest BCUT2D eigenvalue weighted by molar-refractivity contribution is 1.26. The highest BCUT2D eigenvalue weighted by Gasteiger charge is 2.31. The molecule has 7 heteroatoms. The van der Waals surface area contributed by atoms with E-state index in [-0.39, 0.29) is 0 Å². The van der Waals surface area contributed by atoms with Crippen molar-refractivity contribution in [3.05, 3.63) is 394 Å². The number of anilines is 12. The Morgan fingerprint density at radius 2 is 0.458 bits per heavy atom. The second-order valence-electron chi connectivity index (χ2n) is 28.8. The van der Waals surface area contributed by atoms with Crippen LogP contribution in [0.4, 0.5) is 68.2 Å². The number of benzene rings is 16. The predicted molar refractivity (Wildman–Crippen MR) is 460 cm³/mol. The van der Waals surface area contributed by atoms with Gasteiger partial charge in [-0.2, -0.15) is 0 Å². The van der Waals surface area contributed by atoms with Gasteiger partial charge in [0.05, 0.1) is 63.9 Å². The molecule has 4 aromatic heterocycles. The summed E-state index contributed by atoms with van der Waals surface area (Å²) in [7, 11) is -1.70. The van der Waals surface area contributed by atoms with Gasteiger partial charge in [0.2, 0.25) is 0 Å². The van der Waals surface area contributed by atoms with Crippen LogP contribution in [0.15, 0.2) is 388 Å². The summed E-state index contributed by atoms with van der Waals surface area (Å²) in [6.07, 6.45) is 0. The van der Waals surface area contributed by atoms with Gasteiger partial charge in [-0.05, 0) is 173 Å². The fourth-order valence-electron chi connectivity index (χ4n) is 16.8. The van der Waals surface area contributed by atoms with Gasteiger partial charge in [0.1, 0.15) is 0 Å². The van der Waals surface area contributed by atoms with Crippen molar-refractivity contribution in [3.8, 4) is 22.3 Å². The lowest BCUT2D eigenvalue weighted by Gasteiger charge is -2.31. The van der Waals surface area contributed by atoms with E-state index in [1.165, 1.54) is 138 Å². The molecule has 0 saturated carbocycles. The van der Waals surface area contributed by atoms with Gasteiger partial charge < -0.3 is 28.4 Å². The molecule has 0 spiro atoms. The Morgan fingerprint density at radius 3 is 0.804 bits per heavy atom. The number of hydrogen-bond acceptors (Lipinski definition) is 4. The van der Waals surface area contributed by atoms with Crippen molar-refractivity contribution in [1.82, 2.24) is 8.80 Å². The van der Waals surface area contributed by atoms with Crippen molar-refractivity contribution in [1.29, 1.82) is 0 Å². The number of hydrogen-bond donors (Lipinski definition) is 0. The number of aromatic nitrogens is 2. The number of nitrogens with zero attached hydrogens (tertiary/aromatic N) is 6. The first-order valence-electron chi connectivity index (χ1n) is 37.0. The highest BCUT2D eigenvalue weighted by atomic mass is 28.3. The van der Waals surface area contributed by atoms with Crippen molar-refractivity contribution in [2.45, 2.75) is 26.6 Å². The molecule has 0 aliphatic carbocycles. The molecule has 0 N–H and O–H groups in total. The standard InChI is InChI=1S/C54H37N3.C46H39N3Si/c1-5-16-38(17-6-1)40-30-34-44(35-31-40)55(42-20-9-3-10-21-42)48-26-14-28-50-52(48)46-24-13-25-47-53-49(27-15-29-51(53)57(50)54(46)47)56(43-22-11-4-12-23-43)45-36-32-41(33-37-45)39-18-7-2-8-19-39;1-32-18-11-12-25-37(32)47(33-19-7-5-8-20-33)39-27-16-29-41-44(39)35-23-15-24-36-45-40(28-17-30-42(45)49(41)46(35)36)48(34-21-9-6-10-22-34)38-26-13-14-31-43(38)50(2,3)4/h1-37H;5-31H,1-4H3. The summed E-state index contributed by atoms with van der Waals surface area (Å²) in [5, 5.41) is 11.5. The van der Waals surface area contributed by atoms with E-state index in [9.17, 15) is 0 Å². The zero-order valence-corrected chi connectivity index (χ0v) is 61.1. The van der Waals surface area contributed by atoms with Crippen LogP contribution in [0.1, 0.15) is 5.56 Å². The molecule has 107 heavy (non-hydrogen) atoms. The molecular weight excluding hydrogens is 1310 g/mol. The first kappa shape index (κ1) is 64.4. The summed E-state index contributed by atoms with van der Waals surface area (Å²) in [5.74, 6) is 0. The Kier molecular flexibility index (Phi) is 16.0. The van der Waals surface area contributed by atoms with Gasteiger partial charge in [0.15, 0.2) is 0 Å². The lowest BCUT2D eigenvalue weighted by atomic mass is 10.0. The maximum Gasteiger partial charge on any atom is 0.0803 e. The van der Waals surface area contributed by atoms with Crippen molar-refractivity contribution >= 4 is 158 Å². The largest absolute Gasteiger partial charge is 0.310 e. The third-order valence-corrected chi connectivity index (χ3v) is 23.5. The van der Waals surface area contributed by atoms with Crippen LogP contribution in [0, 0.1) is 6.92 Å². The van der Waals surface area contributed by atoms with Crippen LogP contribution >= 0.6 is 0 Å². The molecule has 4 heterocycles. The molecule has 20 rings (SSSR count). The molecule has 6 nitrogen and oxygen atoms in total. The van der Waals surface area contributed by atoms with E-state index >= 15 is 0 Å². The van der Waals surface area contributed by atoms with Crippen molar-refractivity contribution < 1.29 is 0 Å². The number of rotatable bonds is 15. The zero-order valence-electron chi connectivity index (χ0n) is 60.1. The van der Waals surface area contributed by atoms with Gasteiger partial charge >= 0.3 is 0 Å². The topological polar surface area (TPSA) is 21.8 Å². The second-order valence-corrected chi connectivity index (χ2v) is 33.9. The van der Waals surface area contributed by atoms with Crippen LogP contribution in [0.5, 0.6) is 0 Å². The highest BCUT2D eigenvalue weighted by molar-refractivity contribution is 6.89. The number of para-hydroxylation sites is 8. The zero-order chi connectivity index (χ0) is 71.7. The van der Waals surface area contributed by atoms with Crippen molar-refractivity contribution in [2.75, 3.05) is 19.6 Å². The normalized spacial score (nSPS) is 11.7. The van der Waals surface area contributed by atoms with E-state index in [2.05, 4.69) is 443 Å². The molecule has 0 fully saturated rings. The highest BCUT2D eigenvalue weighted by Crippen LogP contribution is 2.52. The maximum atomic E-state index is 2.51. The fraction of sp³-hybridized carbons (Fsp3) is 0.0400. The van der Waals surface area contributed by atoms with E-state index in [0.717, 1.165) is 39.8 Å². The van der Waals surface area contributed by atoms with Crippen LogP contribution in [0.2, 0.25) is 19.6 Å². The van der Waals surface area contributed by atoms with Gasteiger partial charge in [0, 0.05) is 88.6 Å². The van der Waals surface area contributed by atoms with Crippen LogP contribution < -0.4 is 24.8 Å². The third kappa shape index (κ3) is 11.0. The van der Waals surface area contributed by atoms with Gasteiger partial charge in [-0.15, -0.1) is 0 Å². The second kappa shape index (κ2) is 26.7. The molecule has 0 radical (unpaired) electrons. The molecule has 0 atom stereocenters. The van der Waals surface area contributed by atoms with Crippen LogP contribution in [-0.4, -0.2) is 16.9 Å². The Labute approximate surface area is 624 Å². The van der Waals surface area contributed by atoms with E-state index in [1.807, 2.05) is 0 Å². The summed E-state index contributed by atoms with van der Waals surface area (Å²) in [6.45, 7) is 9.52. The predicted octanol–water partition coefficient (Wildman–Crippen LogP) is 27.7. The van der Waals surface area contributed by atoms with Gasteiger partial charge in [-0.3, -0.25) is 0 Å². The van der Waals surface area contributed by atoms with E-state index in [1.54, 1.807) is 0 Å². The third-order valence-electron chi connectivity index (χ3n) is 21.4. The smallest absolute Gasteiger partial charge is 0.0803 e. The molecule has 20 aromatic rings. The monoisotopic (exact) mass is 1390 g/mol. The molecule has 0 unspecified atom stereocenters. The van der Waals surface area contributed by atoms with E-state index in [0.29, 0.717) is 0 Å². The first-order valence-corrected chi connectivity index (χ1v) is 40.5.